The van der Waals surface area contributed by atoms with Crippen molar-refractivity contribution >= 4 is 5.91 Å². The van der Waals surface area contributed by atoms with E-state index in [0.717, 1.165) is 51.8 Å². The molecule has 3 aliphatic rings. The van der Waals surface area contributed by atoms with Crippen LogP contribution >= 0.6 is 0 Å². The lowest BCUT2D eigenvalue weighted by atomic mass is 9.85. The highest BCUT2D eigenvalue weighted by atomic mass is 16.5. The Balaban J connectivity index is 1.72. The molecule has 1 amide bonds. The molecule has 20 heavy (non-hydrogen) atoms. The van der Waals surface area contributed by atoms with Gasteiger partial charge in [-0.1, -0.05) is 12.8 Å². The molecule has 2 aliphatic heterocycles. The smallest absolute Gasteiger partial charge is 0.243 e. The van der Waals surface area contributed by atoms with Crippen LogP contribution in [0.3, 0.4) is 0 Å². The van der Waals surface area contributed by atoms with Gasteiger partial charge in [0.15, 0.2) is 0 Å². The molecule has 0 aromatic rings. The van der Waals surface area contributed by atoms with Crippen molar-refractivity contribution in [3.63, 3.8) is 0 Å². The molecule has 5 heteroatoms. The van der Waals surface area contributed by atoms with Gasteiger partial charge in [0.25, 0.3) is 0 Å². The van der Waals surface area contributed by atoms with Gasteiger partial charge in [-0.25, -0.2) is 0 Å². The van der Waals surface area contributed by atoms with Crippen LogP contribution in [0.1, 0.15) is 32.1 Å². The minimum Gasteiger partial charge on any atom is -0.375 e. The molecule has 1 saturated carbocycles. The summed E-state index contributed by atoms with van der Waals surface area (Å²) in [5, 5.41) is 9.47. The van der Waals surface area contributed by atoms with E-state index in [2.05, 4.69) is 18.0 Å². The molecule has 3 rings (SSSR count). The van der Waals surface area contributed by atoms with Gasteiger partial charge >= 0.3 is 0 Å². The van der Waals surface area contributed by atoms with E-state index in [4.69, 9.17) is 4.74 Å². The molecule has 0 aromatic carbocycles. The van der Waals surface area contributed by atoms with Crippen molar-refractivity contribution < 1.29 is 9.53 Å². The molecule has 0 N–H and O–H groups in total. The number of fused-ring (bicyclic) bond motifs is 1. The molecule has 1 aliphatic carbocycles. The Bertz CT molecular complexity index is 425. The van der Waals surface area contributed by atoms with E-state index in [0.29, 0.717) is 12.6 Å². The van der Waals surface area contributed by atoms with Gasteiger partial charge in [-0.3, -0.25) is 9.69 Å². The van der Waals surface area contributed by atoms with E-state index in [-0.39, 0.29) is 12.0 Å². The zero-order chi connectivity index (χ0) is 14.2. The summed E-state index contributed by atoms with van der Waals surface area (Å²) in [5.74, 6) is 0.0647. The summed E-state index contributed by atoms with van der Waals surface area (Å²) in [4.78, 5) is 17.0. The normalized spacial score (nSPS) is 33.5. The standard InChI is InChI=1S/C15H23N3O2/c1-17-8-9-20-13-4-7-18(10-12(13)17)14(19)15(11-16)5-2-3-6-15/h12-13H,2-10H2,1H3/t12-,13-/m0/s1. The summed E-state index contributed by atoms with van der Waals surface area (Å²) in [6.07, 6.45) is 4.62. The van der Waals surface area contributed by atoms with E-state index < -0.39 is 5.41 Å². The van der Waals surface area contributed by atoms with Crippen LogP contribution in [0, 0.1) is 16.7 Å². The number of hydrogen-bond donors (Lipinski definition) is 0. The lowest BCUT2D eigenvalue weighted by Gasteiger charge is -2.46. The highest BCUT2D eigenvalue weighted by Crippen LogP contribution is 2.40. The van der Waals surface area contributed by atoms with Gasteiger partial charge in [-0.15, -0.1) is 0 Å². The summed E-state index contributed by atoms with van der Waals surface area (Å²) in [5.41, 5.74) is -0.735. The first kappa shape index (κ1) is 13.8. The molecule has 2 heterocycles. The SMILES string of the molecule is CN1CCO[C@H]2CCN(C(=O)C3(C#N)CCCC3)C[C@@H]21. The molecule has 5 nitrogen and oxygen atoms in total. The molecule has 2 saturated heterocycles. The first-order valence-corrected chi connectivity index (χ1v) is 7.69. The highest BCUT2D eigenvalue weighted by Gasteiger charge is 2.46. The van der Waals surface area contributed by atoms with Crippen LogP contribution in [0.2, 0.25) is 0 Å². The minimum absolute atomic E-state index is 0.0647. The number of carbonyl (C=O) groups is 1. The van der Waals surface area contributed by atoms with Crippen molar-refractivity contribution in [1.82, 2.24) is 9.80 Å². The molecular weight excluding hydrogens is 254 g/mol. The number of nitriles is 1. The molecule has 110 valence electrons. The summed E-state index contributed by atoms with van der Waals surface area (Å²) in [7, 11) is 2.10. The summed E-state index contributed by atoms with van der Waals surface area (Å²) in [6.45, 7) is 3.15. The van der Waals surface area contributed by atoms with Crippen LogP contribution in [-0.2, 0) is 9.53 Å². The summed E-state index contributed by atoms with van der Waals surface area (Å²) < 4.78 is 5.81. The van der Waals surface area contributed by atoms with Crippen LogP contribution < -0.4 is 0 Å². The van der Waals surface area contributed by atoms with Crippen LogP contribution in [0.4, 0.5) is 0 Å². The molecule has 0 bridgehead atoms. The van der Waals surface area contributed by atoms with Crippen molar-refractivity contribution in [2.75, 3.05) is 33.3 Å². The molecule has 3 fully saturated rings. The van der Waals surface area contributed by atoms with Gasteiger partial charge in [0.1, 0.15) is 5.41 Å². The van der Waals surface area contributed by atoms with Crippen molar-refractivity contribution in [2.24, 2.45) is 5.41 Å². The van der Waals surface area contributed by atoms with Crippen LogP contribution in [-0.4, -0.2) is 61.1 Å². The second-order valence-corrected chi connectivity index (χ2v) is 6.40. The molecule has 0 unspecified atom stereocenters. The number of nitrogens with zero attached hydrogens (tertiary/aromatic N) is 3. The van der Waals surface area contributed by atoms with Gasteiger partial charge < -0.3 is 9.64 Å². The molecule has 0 radical (unpaired) electrons. The fourth-order valence-electron chi connectivity index (χ4n) is 3.88. The lowest BCUT2D eigenvalue weighted by Crippen LogP contribution is -2.61. The Morgan fingerprint density at radius 2 is 2.10 bits per heavy atom. The molecule has 0 spiro atoms. The first-order valence-electron chi connectivity index (χ1n) is 7.69. The Hall–Kier alpha value is -1.12. The van der Waals surface area contributed by atoms with Crippen molar-refractivity contribution in [3.8, 4) is 6.07 Å². The van der Waals surface area contributed by atoms with Gasteiger partial charge in [0, 0.05) is 19.6 Å². The van der Waals surface area contributed by atoms with Gasteiger partial charge in [-0.2, -0.15) is 5.26 Å². The fourth-order valence-corrected chi connectivity index (χ4v) is 3.88. The highest BCUT2D eigenvalue weighted by molar-refractivity contribution is 5.86. The average Bonchev–Trinajstić information content (AvgIpc) is 2.97. The number of morpholine rings is 1. The van der Waals surface area contributed by atoms with Gasteiger partial charge in [0.2, 0.25) is 5.91 Å². The minimum atomic E-state index is -0.735. The maximum atomic E-state index is 12.8. The number of amides is 1. The van der Waals surface area contributed by atoms with Crippen LogP contribution in [0.25, 0.3) is 0 Å². The van der Waals surface area contributed by atoms with E-state index in [9.17, 15) is 10.1 Å². The number of likely N-dealkylation sites (tertiary alicyclic amines) is 1. The van der Waals surface area contributed by atoms with Crippen LogP contribution in [0.15, 0.2) is 0 Å². The van der Waals surface area contributed by atoms with Crippen LogP contribution in [0.5, 0.6) is 0 Å². The third kappa shape index (κ3) is 2.21. The maximum Gasteiger partial charge on any atom is 0.243 e. The predicted octanol–water partition coefficient (Wildman–Crippen LogP) is 1.00. The third-order valence-electron chi connectivity index (χ3n) is 5.23. The number of carbonyl (C=O) groups excluding carboxylic acids is 1. The topological polar surface area (TPSA) is 56.6 Å². The molecule has 2 atom stereocenters. The quantitative estimate of drug-likeness (QED) is 0.717. The average molecular weight is 277 g/mol. The van der Waals surface area contributed by atoms with E-state index in [1.165, 1.54) is 0 Å². The second-order valence-electron chi connectivity index (χ2n) is 6.40. The third-order valence-corrected chi connectivity index (χ3v) is 5.23. The fraction of sp³-hybridized carbons (Fsp3) is 0.867. The maximum absolute atomic E-state index is 12.8. The molecular formula is C15H23N3O2. The summed E-state index contributed by atoms with van der Waals surface area (Å²) in [6, 6.07) is 2.61. The number of ether oxygens (including phenoxy) is 1. The largest absolute Gasteiger partial charge is 0.375 e. The molecule has 0 aromatic heterocycles. The number of hydrogen-bond acceptors (Lipinski definition) is 4. The van der Waals surface area contributed by atoms with Crippen molar-refractivity contribution in [1.29, 1.82) is 5.26 Å². The summed E-state index contributed by atoms with van der Waals surface area (Å²) >= 11 is 0. The number of rotatable bonds is 1. The zero-order valence-corrected chi connectivity index (χ0v) is 12.2. The van der Waals surface area contributed by atoms with Gasteiger partial charge in [0.05, 0.1) is 24.8 Å². The van der Waals surface area contributed by atoms with E-state index in [1.54, 1.807) is 0 Å². The first-order chi connectivity index (χ1) is 9.66. The Labute approximate surface area is 120 Å². The van der Waals surface area contributed by atoms with E-state index in [1.807, 2.05) is 4.90 Å². The van der Waals surface area contributed by atoms with E-state index >= 15 is 0 Å². The van der Waals surface area contributed by atoms with Crippen molar-refractivity contribution in [2.45, 2.75) is 44.2 Å². The lowest BCUT2D eigenvalue weighted by molar-refractivity contribution is -0.148. The Morgan fingerprint density at radius 1 is 1.35 bits per heavy atom. The Kier molecular flexibility index (Phi) is 3.70. The number of piperidine rings is 1. The van der Waals surface area contributed by atoms with Gasteiger partial charge in [-0.05, 0) is 26.3 Å². The van der Waals surface area contributed by atoms with Crippen molar-refractivity contribution in [3.05, 3.63) is 0 Å². The monoisotopic (exact) mass is 277 g/mol. The predicted molar refractivity (Wildman–Crippen MR) is 73.9 cm³/mol. The zero-order valence-electron chi connectivity index (χ0n) is 12.2. The second kappa shape index (κ2) is 5.34. The number of likely N-dealkylation sites (N-methyl/N-ethyl adjacent to an activating group) is 1. The Morgan fingerprint density at radius 3 is 2.80 bits per heavy atom.